The van der Waals surface area contributed by atoms with E-state index in [-0.39, 0.29) is 5.91 Å². The van der Waals surface area contributed by atoms with Crippen LogP contribution >= 0.6 is 0 Å². The molecule has 6 nitrogen and oxygen atoms in total. The summed E-state index contributed by atoms with van der Waals surface area (Å²) in [5.74, 6) is 1.68. The van der Waals surface area contributed by atoms with Gasteiger partial charge in [-0.05, 0) is 66.6 Å². The summed E-state index contributed by atoms with van der Waals surface area (Å²) in [5.41, 5.74) is 4.41. The standard InChI is InChI=1S/C26H26N2O4/c1-3-17-30-23-11-9-21(10-12-23)18-27-28-26(29)20(2)32-25-15-13-24(14-16-25)31-19-22-7-5-4-6-8-22/h3-16,18,20H,1,17,19H2,2H3,(H,28,29). The van der Waals surface area contributed by atoms with Gasteiger partial charge in [0.15, 0.2) is 6.10 Å². The molecular weight excluding hydrogens is 404 g/mol. The molecule has 0 aliphatic rings. The molecule has 0 saturated carbocycles. The molecule has 164 valence electrons. The smallest absolute Gasteiger partial charge is 0.280 e. The fraction of sp³-hybridized carbons (Fsp3) is 0.154. The number of nitrogens with zero attached hydrogens (tertiary/aromatic N) is 1. The Labute approximate surface area is 188 Å². The van der Waals surface area contributed by atoms with Crippen LogP contribution in [-0.4, -0.2) is 24.8 Å². The average molecular weight is 431 g/mol. The molecule has 0 radical (unpaired) electrons. The van der Waals surface area contributed by atoms with Crippen molar-refractivity contribution in [2.24, 2.45) is 5.10 Å². The third-order valence-electron chi connectivity index (χ3n) is 4.39. The van der Waals surface area contributed by atoms with Crippen LogP contribution in [0.3, 0.4) is 0 Å². The first-order valence-electron chi connectivity index (χ1n) is 10.2. The normalized spacial score (nSPS) is 11.5. The lowest BCUT2D eigenvalue weighted by Gasteiger charge is -2.13. The SMILES string of the molecule is C=CCOc1ccc(C=NNC(=O)C(C)Oc2ccc(OCc3ccccc3)cc2)cc1. The molecule has 0 fully saturated rings. The van der Waals surface area contributed by atoms with Crippen LogP contribution in [-0.2, 0) is 11.4 Å². The summed E-state index contributed by atoms with van der Waals surface area (Å²) in [6.07, 6.45) is 2.53. The van der Waals surface area contributed by atoms with Crippen LogP contribution in [0.2, 0.25) is 0 Å². The lowest BCUT2D eigenvalue weighted by atomic mass is 10.2. The van der Waals surface area contributed by atoms with Crippen molar-refractivity contribution in [3.8, 4) is 17.2 Å². The second kappa shape index (κ2) is 12.0. The summed E-state index contributed by atoms with van der Waals surface area (Å²) >= 11 is 0. The minimum Gasteiger partial charge on any atom is -0.490 e. The Bertz CT molecular complexity index is 1020. The fourth-order valence-electron chi connectivity index (χ4n) is 2.68. The Morgan fingerprint density at radius 1 is 0.938 bits per heavy atom. The molecule has 3 rings (SSSR count). The Hall–Kier alpha value is -4.06. The van der Waals surface area contributed by atoms with E-state index in [0.717, 1.165) is 22.6 Å². The van der Waals surface area contributed by atoms with Crippen molar-refractivity contribution in [2.75, 3.05) is 6.61 Å². The van der Waals surface area contributed by atoms with Gasteiger partial charge < -0.3 is 14.2 Å². The van der Waals surface area contributed by atoms with Gasteiger partial charge in [0.2, 0.25) is 0 Å². The highest BCUT2D eigenvalue weighted by atomic mass is 16.5. The van der Waals surface area contributed by atoms with Crippen LogP contribution < -0.4 is 19.6 Å². The van der Waals surface area contributed by atoms with Crippen LogP contribution in [0.1, 0.15) is 18.1 Å². The summed E-state index contributed by atoms with van der Waals surface area (Å²) in [5, 5.41) is 3.98. The number of hydrogen-bond acceptors (Lipinski definition) is 5. The molecule has 0 aliphatic heterocycles. The van der Waals surface area contributed by atoms with Gasteiger partial charge in [-0.25, -0.2) is 5.43 Å². The highest BCUT2D eigenvalue weighted by Gasteiger charge is 2.14. The molecule has 3 aromatic carbocycles. The maximum atomic E-state index is 12.2. The predicted octanol–water partition coefficient (Wildman–Crippen LogP) is 4.75. The first-order valence-corrected chi connectivity index (χ1v) is 10.2. The average Bonchev–Trinajstić information content (AvgIpc) is 2.83. The number of hydrazone groups is 1. The number of carbonyl (C=O) groups excluding carboxylic acids is 1. The molecule has 0 spiro atoms. The molecule has 0 saturated heterocycles. The largest absolute Gasteiger partial charge is 0.490 e. The van der Waals surface area contributed by atoms with E-state index >= 15 is 0 Å². The summed E-state index contributed by atoms with van der Waals surface area (Å²) < 4.78 is 16.9. The minimum atomic E-state index is -0.710. The monoisotopic (exact) mass is 430 g/mol. The zero-order valence-electron chi connectivity index (χ0n) is 17.9. The zero-order valence-corrected chi connectivity index (χ0v) is 17.9. The second-order valence-electron chi connectivity index (χ2n) is 6.91. The Kier molecular flexibility index (Phi) is 8.45. The molecule has 0 aliphatic carbocycles. The van der Waals surface area contributed by atoms with Crippen LogP contribution in [0.25, 0.3) is 0 Å². The van der Waals surface area contributed by atoms with Crippen molar-refractivity contribution in [2.45, 2.75) is 19.6 Å². The number of amides is 1. The van der Waals surface area contributed by atoms with Crippen LogP contribution in [0, 0.1) is 0 Å². The topological polar surface area (TPSA) is 69.2 Å². The van der Waals surface area contributed by atoms with E-state index < -0.39 is 6.10 Å². The molecular formula is C26H26N2O4. The Morgan fingerprint density at radius 3 is 2.25 bits per heavy atom. The Balaban J connectivity index is 1.43. The van der Waals surface area contributed by atoms with Crippen LogP contribution in [0.15, 0.2) is 96.6 Å². The molecule has 1 N–H and O–H groups in total. The molecule has 1 unspecified atom stereocenters. The van der Waals surface area contributed by atoms with Gasteiger partial charge in [-0.2, -0.15) is 5.10 Å². The van der Waals surface area contributed by atoms with Gasteiger partial charge in [-0.1, -0.05) is 43.0 Å². The number of rotatable bonds is 11. The van der Waals surface area contributed by atoms with Crippen molar-refractivity contribution in [3.05, 3.63) is 103 Å². The van der Waals surface area contributed by atoms with Crippen molar-refractivity contribution >= 4 is 12.1 Å². The number of benzene rings is 3. The third-order valence-corrected chi connectivity index (χ3v) is 4.39. The van der Waals surface area contributed by atoms with E-state index in [1.54, 1.807) is 31.3 Å². The minimum absolute atomic E-state index is 0.350. The number of ether oxygens (including phenoxy) is 3. The van der Waals surface area contributed by atoms with E-state index in [0.29, 0.717) is 19.0 Å². The fourth-order valence-corrected chi connectivity index (χ4v) is 2.68. The van der Waals surface area contributed by atoms with E-state index in [1.165, 1.54) is 0 Å². The van der Waals surface area contributed by atoms with E-state index in [4.69, 9.17) is 14.2 Å². The molecule has 0 aromatic heterocycles. The Morgan fingerprint density at radius 2 is 1.56 bits per heavy atom. The van der Waals surface area contributed by atoms with Gasteiger partial charge in [-0.3, -0.25) is 4.79 Å². The van der Waals surface area contributed by atoms with Gasteiger partial charge in [0.05, 0.1) is 6.21 Å². The molecule has 0 bridgehead atoms. The van der Waals surface area contributed by atoms with Gasteiger partial charge >= 0.3 is 0 Å². The van der Waals surface area contributed by atoms with Gasteiger partial charge in [0, 0.05) is 0 Å². The van der Waals surface area contributed by atoms with Crippen LogP contribution in [0.5, 0.6) is 17.2 Å². The number of hydrogen-bond donors (Lipinski definition) is 1. The first kappa shape index (κ1) is 22.6. The zero-order chi connectivity index (χ0) is 22.6. The maximum Gasteiger partial charge on any atom is 0.280 e. The highest BCUT2D eigenvalue weighted by molar-refractivity contribution is 5.84. The molecule has 32 heavy (non-hydrogen) atoms. The summed E-state index contributed by atoms with van der Waals surface area (Å²) in [6, 6.07) is 24.4. The van der Waals surface area contributed by atoms with Gasteiger partial charge in [-0.15, -0.1) is 0 Å². The molecule has 3 aromatic rings. The first-order chi connectivity index (χ1) is 15.6. The van der Waals surface area contributed by atoms with Crippen molar-refractivity contribution < 1.29 is 19.0 Å². The lowest BCUT2D eigenvalue weighted by molar-refractivity contribution is -0.127. The molecule has 6 heteroatoms. The van der Waals surface area contributed by atoms with Crippen molar-refractivity contribution in [1.82, 2.24) is 5.43 Å². The van der Waals surface area contributed by atoms with Crippen molar-refractivity contribution in [3.63, 3.8) is 0 Å². The van der Waals surface area contributed by atoms with Gasteiger partial charge in [0.25, 0.3) is 5.91 Å². The molecule has 1 atom stereocenters. The van der Waals surface area contributed by atoms with E-state index in [1.807, 2.05) is 66.7 Å². The summed E-state index contributed by atoms with van der Waals surface area (Å²) in [4.78, 5) is 12.2. The predicted molar refractivity (Wildman–Crippen MR) is 125 cm³/mol. The number of nitrogens with one attached hydrogen (secondary N) is 1. The van der Waals surface area contributed by atoms with Crippen LogP contribution in [0.4, 0.5) is 0 Å². The van der Waals surface area contributed by atoms with E-state index in [9.17, 15) is 4.79 Å². The lowest BCUT2D eigenvalue weighted by Crippen LogP contribution is -2.33. The molecule has 1 amide bonds. The third kappa shape index (κ3) is 7.32. The highest BCUT2D eigenvalue weighted by Crippen LogP contribution is 2.19. The number of carbonyl (C=O) groups is 1. The second-order valence-corrected chi connectivity index (χ2v) is 6.91. The quantitative estimate of drug-likeness (QED) is 0.271. The summed E-state index contributed by atoms with van der Waals surface area (Å²) in [7, 11) is 0. The van der Waals surface area contributed by atoms with Crippen molar-refractivity contribution in [1.29, 1.82) is 0 Å². The maximum absolute atomic E-state index is 12.2. The molecule has 0 heterocycles. The van der Waals surface area contributed by atoms with Gasteiger partial charge in [0.1, 0.15) is 30.5 Å². The summed E-state index contributed by atoms with van der Waals surface area (Å²) in [6.45, 7) is 6.21. The van der Waals surface area contributed by atoms with E-state index in [2.05, 4.69) is 17.1 Å².